The molecule has 0 aromatic heterocycles. The number of nitrogens with one attached hydrogen (secondary N) is 1. The Labute approximate surface area is 68.7 Å². The van der Waals surface area contributed by atoms with Crippen molar-refractivity contribution in [2.45, 2.75) is 19.6 Å². The molecule has 66 valence electrons. The minimum atomic E-state index is -0.0951. The lowest BCUT2D eigenvalue weighted by atomic mass is 10.2. The zero-order valence-electron chi connectivity index (χ0n) is 7.68. The molecule has 11 heavy (non-hydrogen) atoms. The van der Waals surface area contributed by atoms with Crippen molar-refractivity contribution in [1.82, 2.24) is 10.2 Å². The number of hydrogen-bond donors (Lipinski definition) is 1. The van der Waals surface area contributed by atoms with Crippen LogP contribution in [0.25, 0.3) is 0 Å². The van der Waals surface area contributed by atoms with Gasteiger partial charge in [0.1, 0.15) is 5.72 Å². The summed E-state index contributed by atoms with van der Waals surface area (Å²) in [5.74, 6) is 0. The molecule has 1 aliphatic heterocycles. The van der Waals surface area contributed by atoms with Gasteiger partial charge in [-0.15, -0.1) is 0 Å². The van der Waals surface area contributed by atoms with Crippen molar-refractivity contribution in [2.75, 3.05) is 33.3 Å². The van der Waals surface area contributed by atoms with Crippen LogP contribution in [0.15, 0.2) is 0 Å². The zero-order valence-corrected chi connectivity index (χ0v) is 7.68. The van der Waals surface area contributed by atoms with E-state index in [4.69, 9.17) is 4.74 Å². The van der Waals surface area contributed by atoms with E-state index in [1.807, 2.05) is 0 Å². The first kappa shape index (κ1) is 8.97. The number of hydrogen-bond acceptors (Lipinski definition) is 3. The van der Waals surface area contributed by atoms with Gasteiger partial charge in [0.15, 0.2) is 0 Å². The van der Waals surface area contributed by atoms with Crippen LogP contribution < -0.4 is 5.32 Å². The van der Waals surface area contributed by atoms with Gasteiger partial charge in [0.2, 0.25) is 0 Å². The molecular weight excluding hydrogens is 140 g/mol. The molecular formula is C8H18N2O. The van der Waals surface area contributed by atoms with Crippen molar-refractivity contribution in [3.05, 3.63) is 0 Å². The topological polar surface area (TPSA) is 24.5 Å². The molecule has 0 atom stereocenters. The molecule has 1 aliphatic rings. The van der Waals surface area contributed by atoms with Gasteiger partial charge in [0.05, 0.1) is 0 Å². The van der Waals surface area contributed by atoms with Gasteiger partial charge in [-0.1, -0.05) is 0 Å². The van der Waals surface area contributed by atoms with Gasteiger partial charge in [0, 0.05) is 33.3 Å². The van der Waals surface area contributed by atoms with Gasteiger partial charge in [-0.25, -0.2) is 0 Å². The summed E-state index contributed by atoms with van der Waals surface area (Å²) < 4.78 is 5.38. The molecule has 0 spiro atoms. The van der Waals surface area contributed by atoms with E-state index < -0.39 is 0 Å². The summed E-state index contributed by atoms with van der Waals surface area (Å²) in [6.07, 6.45) is 0. The highest BCUT2D eigenvalue weighted by molar-refractivity contribution is 4.76. The second-order valence-corrected chi connectivity index (χ2v) is 3.39. The van der Waals surface area contributed by atoms with Crippen LogP contribution in [-0.4, -0.2) is 43.9 Å². The molecule has 0 aliphatic carbocycles. The molecule has 0 aromatic carbocycles. The molecule has 0 saturated carbocycles. The van der Waals surface area contributed by atoms with Gasteiger partial charge in [-0.3, -0.25) is 4.90 Å². The Hall–Kier alpha value is -0.120. The Morgan fingerprint density at radius 3 is 2.27 bits per heavy atom. The summed E-state index contributed by atoms with van der Waals surface area (Å²) in [6, 6.07) is 0. The third kappa shape index (κ3) is 2.15. The fourth-order valence-electron chi connectivity index (χ4n) is 1.33. The van der Waals surface area contributed by atoms with Crippen LogP contribution in [0.1, 0.15) is 13.8 Å². The number of nitrogens with zero attached hydrogens (tertiary/aromatic N) is 1. The molecule has 1 saturated heterocycles. The fraction of sp³-hybridized carbons (Fsp3) is 1.00. The molecule has 0 aromatic rings. The normalized spacial score (nSPS) is 22.1. The Morgan fingerprint density at radius 1 is 1.27 bits per heavy atom. The first-order chi connectivity index (χ1) is 5.17. The SMILES string of the molecule is COC(C)(C)N1CCNCC1. The predicted molar refractivity (Wildman–Crippen MR) is 45.5 cm³/mol. The Balaban J connectivity index is 2.43. The van der Waals surface area contributed by atoms with E-state index in [0.29, 0.717) is 0 Å². The van der Waals surface area contributed by atoms with Crippen LogP contribution in [0.4, 0.5) is 0 Å². The molecule has 3 nitrogen and oxygen atoms in total. The average Bonchev–Trinajstić information content (AvgIpc) is 2.06. The smallest absolute Gasteiger partial charge is 0.115 e. The fourth-order valence-corrected chi connectivity index (χ4v) is 1.33. The Morgan fingerprint density at radius 2 is 1.82 bits per heavy atom. The first-order valence-electron chi connectivity index (χ1n) is 4.18. The highest BCUT2D eigenvalue weighted by Gasteiger charge is 2.26. The largest absolute Gasteiger partial charge is 0.364 e. The second kappa shape index (κ2) is 3.52. The van der Waals surface area contributed by atoms with E-state index in [0.717, 1.165) is 26.2 Å². The summed E-state index contributed by atoms with van der Waals surface area (Å²) in [6.45, 7) is 8.54. The summed E-state index contributed by atoms with van der Waals surface area (Å²) in [7, 11) is 1.77. The standard InChI is InChI=1S/C8H18N2O/c1-8(2,11-3)10-6-4-9-5-7-10/h9H,4-7H2,1-3H3. The maximum Gasteiger partial charge on any atom is 0.115 e. The molecule has 0 amide bonds. The van der Waals surface area contributed by atoms with Crippen LogP contribution in [-0.2, 0) is 4.74 Å². The lowest BCUT2D eigenvalue weighted by Gasteiger charge is -2.39. The lowest BCUT2D eigenvalue weighted by molar-refractivity contribution is -0.112. The molecule has 0 unspecified atom stereocenters. The van der Waals surface area contributed by atoms with E-state index in [2.05, 4.69) is 24.1 Å². The second-order valence-electron chi connectivity index (χ2n) is 3.39. The number of rotatable bonds is 2. The number of piperazine rings is 1. The van der Waals surface area contributed by atoms with Crippen molar-refractivity contribution in [3.8, 4) is 0 Å². The van der Waals surface area contributed by atoms with E-state index in [9.17, 15) is 0 Å². The summed E-state index contributed by atoms with van der Waals surface area (Å²) in [4.78, 5) is 2.35. The lowest BCUT2D eigenvalue weighted by Crippen LogP contribution is -2.54. The highest BCUT2D eigenvalue weighted by atomic mass is 16.5. The van der Waals surface area contributed by atoms with Crippen molar-refractivity contribution in [2.24, 2.45) is 0 Å². The Bertz CT molecular complexity index is 119. The molecule has 1 heterocycles. The quantitative estimate of drug-likeness (QED) is 0.624. The van der Waals surface area contributed by atoms with Gasteiger partial charge in [-0.2, -0.15) is 0 Å². The zero-order chi connectivity index (χ0) is 8.32. The van der Waals surface area contributed by atoms with E-state index in [-0.39, 0.29) is 5.72 Å². The van der Waals surface area contributed by atoms with Crippen LogP contribution in [0.3, 0.4) is 0 Å². The summed E-state index contributed by atoms with van der Waals surface area (Å²) in [5, 5.41) is 3.31. The van der Waals surface area contributed by atoms with Gasteiger partial charge in [-0.05, 0) is 13.8 Å². The number of methoxy groups -OCH3 is 1. The predicted octanol–water partition coefficient (Wildman–Crippen LogP) is 0.274. The van der Waals surface area contributed by atoms with Crippen molar-refractivity contribution < 1.29 is 4.74 Å². The maximum atomic E-state index is 5.38. The van der Waals surface area contributed by atoms with Crippen LogP contribution in [0, 0.1) is 0 Å². The monoisotopic (exact) mass is 158 g/mol. The van der Waals surface area contributed by atoms with E-state index in [1.54, 1.807) is 7.11 Å². The highest BCUT2D eigenvalue weighted by Crippen LogP contribution is 2.14. The minimum absolute atomic E-state index is 0.0951. The third-order valence-electron chi connectivity index (χ3n) is 2.38. The summed E-state index contributed by atoms with van der Waals surface area (Å²) in [5.41, 5.74) is -0.0951. The van der Waals surface area contributed by atoms with Crippen LogP contribution >= 0.6 is 0 Å². The van der Waals surface area contributed by atoms with Crippen LogP contribution in [0.2, 0.25) is 0 Å². The van der Waals surface area contributed by atoms with E-state index >= 15 is 0 Å². The van der Waals surface area contributed by atoms with Crippen molar-refractivity contribution in [1.29, 1.82) is 0 Å². The minimum Gasteiger partial charge on any atom is -0.364 e. The third-order valence-corrected chi connectivity index (χ3v) is 2.38. The Kier molecular flexibility index (Phi) is 2.87. The maximum absolute atomic E-state index is 5.38. The molecule has 1 rings (SSSR count). The first-order valence-corrected chi connectivity index (χ1v) is 4.18. The molecule has 0 radical (unpaired) electrons. The van der Waals surface area contributed by atoms with Gasteiger partial charge < -0.3 is 10.1 Å². The summed E-state index contributed by atoms with van der Waals surface area (Å²) >= 11 is 0. The van der Waals surface area contributed by atoms with Crippen molar-refractivity contribution >= 4 is 0 Å². The van der Waals surface area contributed by atoms with Crippen molar-refractivity contribution in [3.63, 3.8) is 0 Å². The number of ether oxygens (including phenoxy) is 1. The van der Waals surface area contributed by atoms with Gasteiger partial charge in [0.25, 0.3) is 0 Å². The van der Waals surface area contributed by atoms with E-state index in [1.165, 1.54) is 0 Å². The molecule has 0 bridgehead atoms. The van der Waals surface area contributed by atoms with Gasteiger partial charge >= 0.3 is 0 Å². The molecule has 3 heteroatoms. The van der Waals surface area contributed by atoms with Crippen LogP contribution in [0.5, 0.6) is 0 Å². The molecule has 1 N–H and O–H groups in total. The average molecular weight is 158 g/mol. The molecule has 1 fully saturated rings.